The van der Waals surface area contributed by atoms with Crippen LogP contribution >= 0.6 is 15.2 Å². The van der Waals surface area contributed by atoms with E-state index in [-0.39, 0.29) is 0 Å². The molecule has 7 N–H and O–H groups in total. The molecular formula is C9H23N3O7P2. The van der Waals surface area contributed by atoms with Gasteiger partial charge in [0.25, 0.3) is 0 Å². The fourth-order valence-electron chi connectivity index (χ4n) is 1.73. The van der Waals surface area contributed by atoms with E-state index in [1.165, 1.54) is 7.05 Å². The summed E-state index contributed by atoms with van der Waals surface area (Å²) in [7, 11) is -7.77. The van der Waals surface area contributed by atoms with Gasteiger partial charge in [-0.25, -0.2) is 0 Å². The first-order valence-electron chi connectivity index (χ1n) is 6.25. The lowest BCUT2D eigenvalue weighted by Crippen LogP contribution is -2.46. The minimum Gasteiger partial charge on any atom is -0.330 e. The van der Waals surface area contributed by atoms with Crippen LogP contribution in [-0.4, -0.2) is 62.6 Å². The lowest BCUT2D eigenvalue weighted by atomic mass is 10.1. The van der Waals surface area contributed by atoms with Crippen molar-refractivity contribution in [3.8, 4) is 0 Å². The van der Waals surface area contributed by atoms with Crippen molar-refractivity contribution < 1.29 is 33.5 Å². The van der Waals surface area contributed by atoms with Crippen LogP contribution in [0.2, 0.25) is 0 Å². The summed E-state index contributed by atoms with van der Waals surface area (Å²) < 4.78 is 22.0. The molecule has 0 unspecified atom stereocenters. The van der Waals surface area contributed by atoms with Crippen molar-refractivity contribution in [3.63, 3.8) is 0 Å². The summed E-state index contributed by atoms with van der Waals surface area (Å²) in [6.45, 7) is 0.444. The number of nitrogens with zero attached hydrogens (tertiary/aromatic N) is 1. The molecule has 0 aromatic rings. The molecule has 0 saturated heterocycles. The highest BCUT2D eigenvalue weighted by atomic mass is 31.2. The summed E-state index contributed by atoms with van der Waals surface area (Å²) in [5, 5.41) is 2.67. The first kappa shape index (κ1) is 20.7. The summed E-state index contributed by atoms with van der Waals surface area (Å²) in [6.07, 6.45) is -0.445. The van der Waals surface area contributed by atoms with Gasteiger partial charge in [-0.2, -0.15) is 0 Å². The zero-order valence-electron chi connectivity index (χ0n) is 11.8. The number of carbonyl (C=O) groups excluding carboxylic acids is 1. The van der Waals surface area contributed by atoms with Crippen molar-refractivity contribution in [2.45, 2.75) is 25.3 Å². The van der Waals surface area contributed by atoms with Gasteiger partial charge in [-0.15, -0.1) is 0 Å². The van der Waals surface area contributed by atoms with Crippen molar-refractivity contribution in [2.75, 3.05) is 26.2 Å². The minimum atomic E-state index is -4.63. The molecule has 0 heterocycles. The highest BCUT2D eigenvalue weighted by Crippen LogP contribution is 2.41. The fourth-order valence-corrected chi connectivity index (χ4v) is 3.26. The Hall–Kier alpha value is -0.310. The topological polar surface area (TPSA) is 173 Å². The third kappa shape index (κ3) is 10.1. The number of carbonyl (C=O) groups is 1. The number of unbranched alkanes of at least 4 members (excludes halogenated alkanes) is 1. The van der Waals surface area contributed by atoms with Crippen molar-refractivity contribution in [2.24, 2.45) is 5.73 Å². The Morgan fingerprint density at radius 2 is 1.62 bits per heavy atom. The van der Waals surface area contributed by atoms with E-state index in [1.54, 1.807) is 0 Å². The second kappa shape index (κ2) is 8.97. The highest BCUT2D eigenvalue weighted by molar-refractivity contribution is 7.52. The van der Waals surface area contributed by atoms with Crippen LogP contribution in [0, 0.1) is 0 Å². The minimum absolute atomic E-state index is 0.353. The van der Waals surface area contributed by atoms with Gasteiger partial charge in [0.15, 0.2) is 0 Å². The zero-order valence-corrected chi connectivity index (χ0v) is 13.5. The number of amides is 1. The molecule has 0 aliphatic heterocycles. The Morgan fingerprint density at radius 1 is 1.14 bits per heavy atom. The molecule has 0 bridgehead atoms. The maximum atomic E-state index is 12.2. The smallest absolute Gasteiger partial charge is 0.330 e. The Labute approximate surface area is 123 Å². The predicted molar refractivity (Wildman–Crippen MR) is 76.4 cm³/mol. The van der Waals surface area contributed by atoms with E-state index in [2.05, 4.69) is 5.32 Å². The standard InChI is InChI=1S/C9H23N3O7P2/c1-11-8(4-2-3-5-10)9(13)12(6-20(14,15)16)7-21(17,18)19/h8,11H,2-7,10H2,1H3,(H2,14,15,16)(H2,17,18,19)/t8-/m0/s1. The van der Waals surface area contributed by atoms with Crippen LogP contribution in [0.1, 0.15) is 19.3 Å². The molecule has 0 spiro atoms. The van der Waals surface area contributed by atoms with Crippen LogP contribution in [0.15, 0.2) is 0 Å². The maximum absolute atomic E-state index is 12.2. The lowest BCUT2D eigenvalue weighted by Gasteiger charge is -2.27. The van der Waals surface area contributed by atoms with Crippen LogP contribution < -0.4 is 11.1 Å². The molecule has 0 radical (unpaired) electrons. The molecule has 0 aliphatic carbocycles. The van der Waals surface area contributed by atoms with Crippen LogP contribution in [-0.2, 0) is 13.9 Å². The molecule has 0 fully saturated rings. The third-order valence-corrected chi connectivity index (χ3v) is 4.03. The molecule has 0 aliphatic rings. The Morgan fingerprint density at radius 3 is 1.95 bits per heavy atom. The fraction of sp³-hybridized carbons (Fsp3) is 0.889. The van der Waals surface area contributed by atoms with Crippen LogP contribution in [0.5, 0.6) is 0 Å². The number of hydrogen-bond donors (Lipinski definition) is 6. The maximum Gasteiger partial charge on any atom is 0.344 e. The van der Waals surface area contributed by atoms with Crippen LogP contribution in [0.3, 0.4) is 0 Å². The van der Waals surface area contributed by atoms with Crippen molar-refractivity contribution in [1.29, 1.82) is 0 Å². The van der Waals surface area contributed by atoms with E-state index in [0.717, 1.165) is 0 Å². The van der Waals surface area contributed by atoms with Gasteiger partial charge in [0.05, 0.1) is 6.04 Å². The second-order valence-electron chi connectivity index (χ2n) is 4.62. The Kier molecular flexibility index (Phi) is 8.84. The number of nitrogens with one attached hydrogen (secondary N) is 1. The molecule has 21 heavy (non-hydrogen) atoms. The molecule has 0 saturated carbocycles. The second-order valence-corrected chi connectivity index (χ2v) is 7.84. The van der Waals surface area contributed by atoms with Gasteiger partial charge >= 0.3 is 15.2 Å². The van der Waals surface area contributed by atoms with Gasteiger partial charge in [0, 0.05) is 0 Å². The Bertz CT molecular complexity index is 398. The normalized spacial score (nSPS) is 14.0. The van der Waals surface area contributed by atoms with Gasteiger partial charge in [0.1, 0.15) is 12.6 Å². The van der Waals surface area contributed by atoms with E-state index >= 15 is 0 Å². The van der Waals surface area contributed by atoms with Gasteiger partial charge in [0.2, 0.25) is 5.91 Å². The van der Waals surface area contributed by atoms with E-state index in [4.69, 9.17) is 25.3 Å². The predicted octanol–water partition coefficient (Wildman–Crippen LogP) is -1.20. The molecule has 10 nitrogen and oxygen atoms in total. The van der Waals surface area contributed by atoms with Crippen LogP contribution in [0.25, 0.3) is 0 Å². The van der Waals surface area contributed by atoms with Crippen molar-refractivity contribution in [3.05, 3.63) is 0 Å². The first-order chi connectivity index (χ1) is 9.50. The van der Waals surface area contributed by atoms with Gasteiger partial charge < -0.3 is 35.5 Å². The molecule has 0 rings (SSSR count). The monoisotopic (exact) mass is 347 g/mol. The quantitative estimate of drug-likeness (QED) is 0.209. The number of hydrogen-bond acceptors (Lipinski definition) is 5. The molecule has 1 atom stereocenters. The molecule has 12 heteroatoms. The zero-order chi connectivity index (χ0) is 16.7. The highest BCUT2D eigenvalue weighted by Gasteiger charge is 2.32. The average Bonchev–Trinajstić information content (AvgIpc) is 2.29. The molecule has 126 valence electrons. The molecule has 0 aromatic carbocycles. The van der Waals surface area contributed by atoms with Crippen LogP contribution in [0.4, 0.5) is 0 Å². The molecular weight excluding hydrogens is 324 g/mol. The van der Waals surface area contributed by atoms with E-state index in [0.29, 0.717) is 30.7 Å². The molecule has 0 aromatic heterocycles. The van der Waals surface area contributed by atoms with Gasteiger partial charge in [-0.05, 0) is 26.4 Å². The molecule has 1 amide bonds. The van der Waals surface area contributed by atoms with E-state index < -0.39 is 39.7 Å². The number of rotatable bonds is 10. The summed E-state index contributed by atoms with van der Waals surface area (Å²) in [6, 6.07) is -0.783. The van der Waals surface area contributed by atoms with E-state index in [1.807, 2.05) is 0 Å². The number of nitrogens with two attached hydrogens (primary N) is 1. The summed E-state index contributed by atoms with van der Waals surface area (Å²) >= 11 is 0. The lowest BCUT2D eigenvalue weighted by molar-refractivity contribution is -0.132. The van der Waals surface area contributed by atoms with Crippen molar-refractivity contribution in [1.82, 2.24) is 10.2 Å². The van der Waals surface area contributed by atoms with Crippen molar-refractivity contribution >= 4 is 21.1 Å². The first-order valence-corrected chi connectivity index (χ1v) is 9.85. The largest absolute Gasteiger partial charge is 0.344 e. The van der Waals surface area contributed by atoms with E-state index in [9.17, 15) is 13.9 Å². The summed E-state index contributed by atoms with van der Waals surface area (Å²) in [5.41, 5.74) is 5.34. The van der Waals surface area contributed by atoms with Gasteiger partial charge in [-0.3, -0.25) is 13.9 Å². The number of likely N-dealkylation sites (N-methyl/N-ethyl adjacent to an activating group) is 1. The van der Waals surface area contributed by atoms with Gasteiger partial charge in [-0.1, -0.05) is 6.42 Å². The third-order valence-electron chi connectivity index (χ3n) is 2.62. The summed E-state index contributed by atoms with van der Waals surface area (Å²) in [5.74, 6) is -0.763. The SMILES string of the molecule is CN[C@@H](CCCCN)C(=O)N(CP(=O)(O)O)CP(=O)(O)O. The average molecular weight is 347 g/mol. The Balaban J connectivity index is 4.97. The summed E-state index contributed by atoms with van der Waals surface area (Å²) in [4.78, 5) is 48.4.